The van der Waals surface area contributed by atoms with E-state index < -0.39 is 0 Å². The summed E-state index contributed by atoms with van der Waals surface area (Å²) in [6.07, 6.45) is 4.42. The number of hydrogen-bond acceptors (Lipinski definition) is 1. The lowest BCUT2D eigenvalue weighted by molar-refractivity contribution is -0.117. The smallest absolute Gasteiger partial charge is 0.224 e. The summed E-state index contributed by atoms with van der Waals surface area (Å²) in [6, 6.07) is 6.03. The van der Waals surface area contributed by atoms with E-state index in [1.165, 1.54) is 28.4 Å². The number of anilines is 1. The predicted octanol–water partition coefficient (Wildman–Crippen LogP) is 3.73. The summed E-state index contributed by atoms with van der Waals surface area (Å²) in [6.45, 7) is 2.07. The van der Waals surface area contributed by atoms with Crippen molar-refractivity contribution in [3.05, 3.63) is 27.3 Å². The monoisotopic (exact) mass is 329 g/mol. The first kappa shape index (κ1) is 11.9. The SMILES string of the molecule is Cc1ccc(NC(=O)CC2CCC2)cc1I. The van der Waals surface area contributed by atoms with Crippen molar-refractivity contribution in [2.24, 2.45) is 5.92 Å². The summed E-state index contributed by atoms with van der Waals surface area (Å²) >= 11 is 2.29. The van der Waals surface area contributed by atoms with Gasteiger partial charge in [0, 0.05) is 15.7 Å². The molecule has 86 valence electrons. The van der Waals surface area contributed by atoms with Gasteiger partial charge in [0.2, 0.25) is 5.91 Å². The number of nitrogens with one attached hydrogen (secondary N) is 1. The minimum Gasteiger partial charge on any atom is -0.326 e. The van der Waals surface area contributed by atoms with Crippen molar-refractivity contribution in [1.82, 2.24) is 0 Å². The molecule has 0 aliphatic heterocycles. The molecule has 1 aromatic carbocycles. The number of aryl methyl sites for hydroxylation is 1. The number of rotatable bonds is 3. The van der Waals surface area contributed by atoms with Gasteiger partial charge in [-0.1, -0.05) is 12.5 Å². The minimum atomic E-state index is 0.157. The van der Waals surface area contributed by atoms with Crippen LogP contribution in [0.4, 0.5) is 5.69 Å². The largest absolute Gasteiger partial charge is 0.326 e. The van der Waals surface area contributed by atoms with E-state index in [4.69, 9.17) is 0 Å². The van der Waals surface area contributed by atoms with Gasteiger partial charge in [0.25, 0.3) is 0 Å². The lowest BCUT2D eigenvalue weighted by Crippen LogP contribution is -2.20. The molecule has 0 atom stereocenters. The highest BCUT2D eigenvalue weighted by atomic mass is 127. The molecule has 1 aromatic rings. The molecule has 0 radical (unpaired) electrons. The van der Waals surface area contributed by atoms with Crippen LogP contribution in [0, 0.1) is 16.4 Å². The van der Waals surface area contributed by atoms with Crippen molar-refractivity contribution < 1.29 is 4.79 Å². The Balaban J connectivity index is 1.92. The van der Waals surface area contributed by atoms with Gasteiger partial charge < -0.3 is 5.32 Å². The normalized spacial score (nSPS) is 15.6. The first-order valence-corrected chi connectivity index (χ1v) is 6.79. The predicted molar refractivity (Wildman–Crippen MR) is 74.5 cm³/mol. The molecular weight excluding hydrogens is 313 g/mol. The molecular formula is C13H16INO. The second-order valence-corrected chi connectivity index (χ2v) is 5.68. The van der Waals surface area contributed by atoms with Gasteiger partial charge in [0.05, 0.1) is 0 Å². The summed E-state index contributed by atoms with van der Waals surface area (Å²) in [5.41, 5.74) is 2.16. The minimum absolute atomic E-state index is 0.157. The van der Waals surface area contributed by atoms with Gasteiger partial charge in [-0.25, -0.2) is 0 Å². The summed E-state index contributed by atoms with van der Waals surface area (Å²) < 4.78 is 1.19. The fraction of sp³-hybridized carbons (Fsp3) is 0.462. The van der Waals surface area contributed by atoms with Crippen molar-refractivity contribution in [3.8, 4) is 0 Å². The number of halogens is 1. The van der Waals surface area contributed by atoms with Gasteiger partial charge in [-0.2, -0.15) is 0 Å². The first-order chi connectivity index (χ1) is 7.65. The van der Waals surface area contributed by atoms with Crippen molar-refractivity contribution >= 4 is 34.2 Å². The number of benzene rings is 1. The van der Waals surface area contributed by atoms with Crippen LogP contribution in [0.15, 0.2) is 18.2 Å². The van der Waals surface area contributed by atoms with Crippen molar-refractivity contribution in [3.63, 3.8) is 0 Å². The molecule has 1 aliphatic carbocycles. The Morgan fingerprint density at radius 3 is 2.81 bits per heavy atom. The molecule has 0 saturated heterocycles. The average molecular weight is 329 g/mol. The lowest BCUT2D eigenvalue weighted by atomic mass is 9.83. The van der Waals surface area contributed by atoms with E-state index in [-0.39, 0.29) is 5.91 Å². The standard InChI is InChI=1S/C13H16INO/c1-9-5-6-11(8-12(9)14)15-13(16)7-10-3-2-4-10/h5-6,8,10H,2-4,7H2,1H3,(H,15,16). The van der Waals surface area contributed by atoms with E-state index in [0.717, 1.165) is 5.69 Å². The maximum Gasteiger partial charge on any atom is 0.224 e. The van der Waals surface area contributed by atoms with Gasteiger partial charge in [-0.3, -0.25) is 4.79 Å². The van der Waals surface area contributed by atoms with Gasteiger partial charge in [0.1, 0.15) is 0 Å². The molecule has 1 amide bonds. The second-order valence-electron chi connectivity index (χ2n) is 4.51. The summed E-state index contributed by atoms with van der Waals surface area (Å²) in [7, 11) is 0. The molecule has 0 bridgehead atoms. The molecule has 2 nitrogen and oxygen atoms in total. The Morgan fingerprint density at radius 1 is 1.50 bits per heavy atom. The zero-order chi connectivity index (χ0) is 11.5. The van der Waals surface area contributed by atoms with Crippen molar-refractivity contribution in [2.75, 3.05) is 5.32 Å². The highest BCUT2D eigenvalue weighted by molar-refractivity contribution is 14.1. The fourth-order valence-electron chi connectivity index (χ4n) is 1.84. The third kappa shape index (κ3) is 2.97. The van der Waals surface area contributed by atoms with Crippen molar-refractivity contribution in [2.45, 2.75) is 32.6 Å². The van der Waals surface area contributed by atoms with Crippen LogP contribution in [0.5, 0.6) is 0 Å². The Kier molecular flexibility index (Phi) is 3.84. The van der Waals surface area contributed by atoms with Crippen LogP contribution in [0.2, 0.25) is 0 Å². The van der Waals surface area contributed by atoms with Crippen LogP contribution in [0.1, 0.15) is 31.2 Å². The van der Waals surface area contributed by atoms with E-state index in [2.05, 4.69) is 34.8 Å². The molecule has 1 N–H and O–H groups in total. The highest BCUT2D eigenvalue weighted by Crippen LogP contribution is 2.29. The van der Waals surface area contributed by atoms with E-state index in [0.29, 0.717) is 12.3 Å². The third-order valence-corrected chi connectivity index (χ3v) is 4.32. The van der Waals surface area contributed by atoms with E-state index in [9.17, 15) is 4.79 Å². The summed E-state index contributed by atoms with van der Waals surface area (Å²) in [5.74, 6) is 0.786. The molecule has 2 rings (SSSR count). The van der Waals surface area contributed by atoms with Crippen LogP contribution in [0.3, 0.4) is 0 Å². The molecule has 0 unspecified atom stereocenters. The summed E-state index contributed by atoms with van der Waals surface area (Å²) in [5, 5.41) is 2.97. The zero-order valence-corrected chi connectivity index (χ0v) is 11.6. The Labute approximate surface area is 110 Å². The second kappa shape index (κ2) is 5.17. The third-order valence-electron chi connectivity index (χ3n) is 3.15. The molecule has 0 aromatic heterocycles. The molecule has 1 aliphatic rings. The Hall–Kier alpha value is -0.580. The van der Waals surface area contributed by atoms with E-state index >= 15 is 0 Å². The molecule has 1 fully saturated rings. The van der Waals surface area contributed by atoms with Crippen LogP contribution in [0.25, 0.3) is 0 Å². The van der Waals surface area contributed by atoms with Gasteiger partial charge in [-0.15, -0.1) is 0 Å². The maximum atomic E-state index is 11.7. The van der Waals surface area contributed by atoms with Crippen molar-refractivity contribution in [1.29, 1.82) is 0 Å². The van der Waals surface area contributed by atoms with Crippen LogP contribution in [-0.4, -0.2) is 5.91 Å². The Bertz CT molecular complexity index is 399. The summed E-state index contributed by atoms with van der Waals surface area (Å²) in [4.78, 5) is 11.7. The average Bonchev–Trinajstić information content (AvgIpc) is 2.18. The molecule has 3 heteroatoms. The fourth-order valence-corrected chi connectivity index (χ4v) is 2.36. The Morgan fingerprint density at radius 2 is 2.25 bits per heavy atom. The van der Waals surface area contributed by atoms with Crippen LogP contribution in [-0.2, 0) is 4.79 Å². The number of hydrogen-bond donors (Lipinski definition) is 1. The van der Waals surface area contributed by atoms with Gasteiger partial charge in [-0.05, 0) is 66.0 Å². The quantitative estimate of drug-likeness (QED) is 0.841. The molecule has 1 saturated carbocycles. The highest BCUT2D eigenvalue weighted by Gasteiger charge is 2.20. The van der Waals surface area contributed by atoms with E-state index in [1.54, 1.807) is 0 Å². The van der Waals surface area contributed by atoms with Crippen LogP contribution < -0.4 is 5.32 Å². The first-order valence-electron chi connectivity index (χ1n) is 5.71. The van der Waals surface area contributed by atoms with Gasteiger partial charge >= 0.3 is 0 Å². The van der Waals surface area contributed by atoms with Crippen LogP contribution >= 0.6 is 22.6 Å². The van der Waals surface area contributed by atoms with Gasteiger partial charge in [0.15, 0.2) is 0 Å². The zero-order valence-electron chi connectivity index (χ0n) is 9.42. The number of carbonyl (C=O) groups excluding carboxylic acids is 1. The number of carbonyl (C=O) groups is 1. The molecule has 16 heavy (non-hydrogen) atoms. The lowest BCUT2D eigenvalue weighted by Gasteiger charge is -2.24. The van der Waals surface area contributed by atoms with E-state index in [1.807, 2.05) is 18.2 Å². The molecule has 0 heterocycles. The maximum absolute atomic E-state index is 11.7. The number of amides is 1. The topological polar surface area (TPSA) is 29.1 Å². The molecule has 0 spiro atoms.